The molecular formula is C24H21F11. The quantitative estimate of drug-likeness (QED) is 0.335. The summed E-state index contributed by atoms with van der Waals surface area (Å²) in [7, 11) is 0. The molecule has 0 amide bonds. The van der Waals surface area contributed by atoms with E-state index in [1.54, 1.807) is 12.1 Å². The standard InChI is InChI=1S/C24H21F11/c1-14-2-4-15(5-3-14)16-6-8-17(9-7-16)18-10-12-19(13-11-18)20(25,26)21(27,28)22(29,30)23(31,32)24(33,34)35/h6-15H,2-5H2,1H3. The summed E-state index contributed by atoms with van der Waals surface area (Å²) in [5.74, 6) is -26.9. The maximum atomic E-state index is 14.2. The van der Waals surface area contributed by atoms with E-state index in [9.17, 15) is 48.3 Å². The highest BCUT2D eigenvalue weighted by Gasteiger charge is 2.87. The first-order chi connectivity index (χ1) is 15.9. The van der Waals surface area contributed by atoms with E-state index >= 15 is 0 Å². The van der Waals surface area contributed by atoms with E-state index in [1.807, 2.05) is 12.1 Å². The zero-order chi connectivity index (χ0) is 26.4. The maximum Gasteiger partial charge on any atom is 0.460 e. The van der Waals surface area contributed by atoms with Gasteiger partial charge in [-0.2, -0.15) is 48.3 Å². The molecule has 2 aromatic rings. The lowest BCUT2D eigenvalue weighted by atomic mass is 9.79. The van der Waals surface area contributed by atoms with E-state index in [-0.39, 0.29) is 5.56 Å². The van der Waals surface area contributed by atoms with Crippen LogP contribution in [0, 0.1) is 5.92 Å². The Balaban J connectivity index is 1.84. The van der Waals surface area contributed by atoms with Gasteiger partial charge in [-0.25, -0.2) is 0 Å². The van der Waals surface area contributed by atoms with E-state index in [0.29, 0.717) is 29.5 Å². The minimum absolute atomic E-state index is 0.226. The van der Waals surface area contributed by atoms with Crippen molar-refractivity contribution in [1.82, 2.24) is 0 Å². The monoisotopic (exact) mass is 518 g/mol. The third-order valence-corrected chi connectivity index (χ3v) is 6.52. The summed E-state index contributed by atoms with van der Waals surface area (Å²) < 4.78 is 146. The van der Waals surface area contributed by atoms with Gasteiger partial charge in [-0.05, 0) is 41.4 Å². The molecule has 1 aliphatic rings. The first-order valence-corrected chi connectivity index (χ1v) is 10.7. The lowest BCUT2D eigenvalue weighted by molar-refractivity contribution is -0.424. The summed E-state index contributed by atoms with van der Waals surface area (Å²) in [6.45, 7) is 2.17. The molecule has 1 fully saturated rings. The predicted molar refractivity (Wildman–Crippen MR) is 107 cm³/mol. The fourth-order valence-corrected chi connectivity index (χ4v) is 4.17. The summed E-state index contributed by atoms with van der Waals surface area (Å²) in [6.07, 6.45) is -2.99. The number of rotatable bonds is 6. The SMILES string of the molecule is CC1CCC(c2ccc(-c3ccc(C(F)(F)C(F)(F)C(F)(F)C(F)(F)C(F)(F)F)cc3)cc2)CC1. The Bertz CT molecular complexity index is 997. The van der Waals surface area contributed by atoms with Crippen molar-refractivity contribution < 1.29 is 48.3 Å². The number of hydrogen-bond acceptors (Lipinski definition) is 0. The van der Waals surface area contributed by atoms with Crippen LogP contribution in [-0.2, 0) is 5.92 Å². The van der Waals surface area contributed by atoms with Crippen LogP contribution in [0.15, 0.2) is 48.5 Å². The predicted octanol–water partition coefficient (Wildman–Crippen LogP) is 9.21. The number of halogens is 11. The van der Waals surface area contributed by atoms with Crippen LogP contribution in [0.4, 0.5) is 48.3 Å². The zero-order valence-corrected chi connectivity index (χ0v) is 18.3. The topological polar surface area (TPSA) is 0 Å². The van der Waals surface area contributed by atoms with E-state index in [2.05, 4.69) is 6.92 Å². The molecule has 0 aliphatic heterocycles. The second-order valence-corrected chi connectivity index (χ2v) is 8.95. The van der Waals surface area contributed by atoms with Crippen molar-refractivity contribution in [2.75, 3.05) is 0 Å². The highest BCUT2D eigenvalue weighted by atomic mass is 19.4. The first kappa shape index (κ1) is 27.3. The molecule has 0 aromatic heterocycles. The van der Waals surface area contributed by atoms with Gasteiger partial charge in [0.15, 0.2) is 0 Å². The molecule has 0 heterocycles. The minimum Gasteiger partial charge on any atom is -0.194 e. The van der Waals surface area contributed by atoms with Crippen LogP contribution < -0.4 is 0 Å². The van der Waals surface area contributed by atoms with Crippen molar-refractivity contribution in [3.05, 3.63) is 59.7 Å². The maximum absolute atomic E-state index is 14.2. The van der Waals surface area contributed by atoms with Crippen molar-refractivity contribution in [2.45, 2.75) is 68.4 Å². The van der Waals surface area contributed by atoms with Gasteiger partial charge in [-0.3, -0.25) is 0 Å². The van der Waals surface area contributed by atoms with Gasteiger partial charge in [0.1, 0.15) is 0 Å². The van der Waals surface area contributed by atoms with Crippen molar-refractivity contribution in [3.63, 3.8) is 0 Å². The molecule has 11 heteroatoms. The average Bonchev–Trinajstić information content (AvgIpc) is 2.78. The van der Waals surface area contributed by atoms with Crippen LogP contribution in [0.3, 0.4) is 0 Å². The highest BCUT2D eigenvalue weighted by molar-refractivity contribution is 5.64. The lowest BCUT2D eigenvalue weighted by Gasteiger charge is -2.37. The second kappa shape index (κ2) is 8.96. The van der Waals surface area contributed by atoms with Crippen LogP contribution in [-0.4, -0.2) is 23.9 Å². The number of benzene rings is 2. The molecule has 2 aromatic carbocycles. The Morgan fingerprint density at radius 3 is 1.40 bits per heavy atom. The summed E-state index contributed by atoms with van der Waals surface area (Å²) in [4.78, 5) is 0. The number of hydrogen-bond donors (Lipinski definition) is 0. The van der Waals surface area contributed by atoms with Crippen LogP contribution >= 0.6 is 0 Å². The summed E-state index contributed by atoms with van der Waals surface area (Å²) in [6, 6.07) is 9.30. The van der Waals surface area contributed by atoms with Gasteiger partial charge in [0.25, 0.3) is 0 Å². The van der Waals surface area contributed by atoms with Crippen molar-refractivity contribution in [3.8, 4) is 11.1 Å². The van der Waals surface area contributed by atoms with Gasteiger partial charge in [0.05, 0.1) is 0 Å². The fraction of sp³-hybridized carbons (Fsp3) is 0.500. The van der Waals surface area contributed by atoms with Crippen molar-refractivity contribution in [2.24, 2.45) is 5.92 Å². The van der Waals surface area contributed by atoms with Gasteiger partial charge in [-0.15, -0.1) is 0 Å². The second-order valence-electron chi connectivity index (χ2n) is 8.95. The smallest absolute Gasteiger partial charge is 0.194 e. The molecule has 1 aliphatic carbocycles. The minimum atomic E-state index is -7.42. The molecule has 0 bridgehead atoms. The summed E-state index contributed by atoms with van der Waals surface area (Å²) in [5.41, 5.74) is -0.0642. The van der Waals surface area contributed by atoms with Gasteiger partial charge in [-0.1, -0.05) is 68.3 Å². The summed E-state index contributed by atoms with van der Waals surface area (Å²) >= 11 is 0. The Kier molecular flexibility index (Phi) is 6.98. The van der Waals surface area contributed by atoms with Gasteiger partial charge < -0.3 is 0 Å². The van der Waals surface area contributed by atoms with Crippen molar-refractivity contribution >= 4 is 0 Å². The van der Waals surface area contributed by atoms with Crippen LogP contribution in [0.2, 0.25) is 0 Å². The van der Waals surface area contributed by atoms with E-state index < -0.39 is 35.4 Å². The van der Waals surface area contributed by atoms with E-state index in [4.69, 9.17) is 0 Å². The highest BCUT2D eigenvalue weighted by Crippen LogP contribution is 2.59. The molecule has 3 rings (SSSR count). The third-order valence-electron chi connectivity index (χ3n) is 6.52. The number of alkyl halides is 11. The summed E-state index contributed by atoms with van der Waals surface area (Å²) in [5, 5.41) is 0. The lowest BCUT2D eigenvalue weighted by Crippen LogP contribution is -2.65. The normalized spacial score (nSPS) is 20.7. The Hall–Kier alpha value is -2.33. The molecule has 0 N–H and O–H groups in total. The molecule has 1 saturated carbocycles. The molecule has 194 valence electrons. The molecular weight excluding hydrogens is 497 g/mol. The zero-order valence-electron chi connectivity index (χ0n) is 18.3. The molecule has 0 unspecified atom stereocenters. The van der Waals surface area contributed by atoms with Gasteiger partial charge in [0, 0.05) is 5.56 Å². The average molecular weight is 518 g/mol. The van der Waals surface area contributed by atoms with Gasteiger partial charge in [0.2, 0.25) is 0 Å². The Labute approximate surface area is 194 Å². The fourth-order valence-electron chi connectivity index (χ4n) is 4.17. The largest absolute Gasteiger partial charge is 0.460 e. The van der Waals surface area contributed by atoms with Crippen LogP contribution in [0.5, 0.6) is 0 Å². The Morgan fingerprint density at radius 2 is 0.971 bits per heavy atom. The Morgan fingerprint density at radius 1 is 0.543 bits per heavy atom. The van der Waals surface area contributed by atoms with Crippen LogP contribution in [0.1, 0.15) is 49.7 Å². The molecule has 0 radical (unpaired) electrons. The molecule has 0 nitrogen and oxygen atoms in total. The molecule has 35 heavy (non-hydrogen) atoms. The van der Waals surface area contributed by atoms with Gasteiger partial charge >= 0.3 is 29.9 Å². The molecule has 0 spiro atoms. The van der Waals surface area contributed by atoms with Crippen molar-refractivity contribution in [1.29, 1.82) is 0 Å². The first-order valence-electron chi connectivity index (χ1n) is 10.7. The molecule has 0 atom stereocenters. The van der Waals surface area contributed by atoms with E-state index in [1.165, 1.54) is 0 Å². The van der Waals surface area contributed by atoms with E-state index in [0.717, 1.165) is 43.4 Å². The third kappa shape index (κ3) is 4.62. The molecule has 0 saturated heterocycles. The van der Waals surface area contributed by atoms with Crippen LogP contribution in [0.25, 0.3) is 11.1 Å².